The van der Waals surface area contributed by atoms with Crippen molar-refractivity contribution in [1.82, 2.24) is 4.90 Å². The molecule has 196 valence electrons. The highest BCUT2D eigenvalue weighted by Gasteiger charge is 2.21. The fourth-order valence-corrected chi connectivity index (χ4v) is 4.32. The molecule has 0 radical (unpaired) electrons. The van der Waals surface area contributed by atoms with Crippen LogP contribution in [0, 0.1) is 6.92 Å². The molecule has 1 aliphatic rings. The molecule has 8 heteroatoms. The van der Waals surface area contributed by atoms with Crippen molar-refractivity contribution in [2.75, 3.05) is 50.1 Å². The summed E-state index contributed by atoms with van der Waals surface area (Å²) in [6.45, 7) is 15.1. The molecule has 35 heavy (non-hydrogen) atoms. The molecule has 6 nitrogen and oxygen atoms in total. The Balaban J connectivity index is 0.00000306. The van der Waals surface area contributed by atoms with E-state index in [1.54, 1.807) is 7.11 Å². The number of ether oxygens (including phenoxy) is 2. The highest BCUT2D eigenvalue weighted by molar-refractivity contribution is 5.89. The molecular formula is C27H41Cl2N3O3. The van der Waals surface area contributed by atoms with Crippen LogP contribution in [0.25, 0.3) is 0 Å². The number of aryl methyl sites for hydroxylation is 1. The number of methoxy groups -OCH3 is 1. The van der Waals surface area contributed by atoms with E-state index in [2.05, 4.69) is 60.2 Å². The van der Waals surface area contributed by atoms with E-state index in [4.69, 9.17) is 9.47 Å². The van der Waals surface area contributed by atoms with Gasteiger partial charge in [-0.15, -0.1) is 24.8 Å². The van der Waals surface area contributed by atoms with E-state index in [-0.39, 0.29) is 36.8 Å². The molecule has 0 spiro atoms. The second-order valence-electron chi connectivity index (χ2n) is 9.26. The number of amides is 1. The average molecular weight is 527 g/mol. The van der Waals surface area contributed by atoms with Crippen molar-refractivity contribution in [1.29, 1.82) is 0 Å². The Kier molecular flexibility index (Phi) is 12.7. The summed E-state index contributed by atoms with van der Waals surface area (Å²) in [6.07, 6.45) is 1.08. The van der Waals surface area contributed by atoms with Crippen LogP contribution < -0.4 is 19.7 Å². The third-order valence-corrected chi connectivity index (χ3v) is 6.27. The molecule has 2 aromatic rings. The van der Waals surface area contributed by atoms with Crippen molar-refractivity contribution in [3.05, 3.63) is 47.5 Å². The number of hydrogen-bond donors (Lipinski definition) is 1. The van der Waals surface area contributed by atoms with Crippen LogP contribution in [0.2, 0.25) is 0 Å². The van der Waals surface area contributed by atoms with Crippen LogP contribution in [0.15, 0.2) is 36.4 Å². The fourth-order valence-electron chi connectivity index (χ4n) is 4.32. The lowest BCUT2D eigenvalue weighted by Crippen LogP contribution is -2.47. The highest BCUT2D eigenvalue weighted by atomic mass is 35.5. The number of nitrogens with one attached hydrogen (secondary N) is 1. The predicted molar refractivity (Wildman–Crippen MR) is 150 cm³/mol. The van der Waals surface area contributed by atoms with Crippen LogP contribution in [-0.2, 0) is 4.79 Å². The number of benzene rings is 2. The van der Waals surface area contributed by atoms with Gasteiger partial charge in [-0.3, -0.25) is 9.69 Å². The Bertz CT molecular complexity index is 947. The number of anilines is 2. The summed E-state index contributed by atoms with van der Waals surface area (Å²) in [7, 11) is 1.73. The molecule has 0 aromatic heterocycles. The second kappa shape index (κ2) is 14.4. The third-order valence-electron chi connectivity index (χ3n) is 6.27. The fraction of sp³-hybridized carbons (Fsp3) is 0.519. The van der Waals surface area contributed by atoms with Crippen molar-refractivity contribution in [3.63, 3.8) is 0 Å². The average Bonchev–Trinajstić information content (AvgIpc) is 2.79. The molecule has 0 aliphatic carbocycles. The molecule has 3 rings (SSSR count). The lowest BCUT2D eigenvalue weighted by molar-refractivity contribution is -0.114. The summed E-state index contributed by atoms with van der Waals surface area (Å²) in [5, 5.41) is 2.93. The minimum Gasteiger partial charge on any atom is -0.495 e. The monoisotopic (exact) mass is 525 g/mol. The van der Waals surface area contributed by atoms with Gasteiger partial charge in [-0.2, -0.15) is 0 Å². The third kappa shape index (κ3) is 8.48. The van der Waals surface area contributed by atoms with Gasteiger partial charge in [0.2, 0.25) is 5.91 Å². The highest BCUT2D eigenvalue weighted by Crippen LogP contribution is 2.33. The van der Waals surface area contributed by atoms with Crippen molar-refractivity contribution in [2.24, 2.45) is 0 Å². The molecule has 1 fully saturated rings. The Morgan fingerprint density at radius 3 is 2.29 bits per heavy atom. The molecule has 1 N–H and O–H groups in total. The van der Waals surface area contributed by atoms with Gasteiger partial charge in [-0.1, -0.05) is 26.0 Å². The normalized spacial score (nSPS) is 14.5. The van der Waals surface area contributed by atoms with Gasteiger partial charge in [0, 0.05) is 45.3 Å². The number of carbonyl (C=O) groups is 1. The zero-order chi connectivity index (χ0) is 24.0. The van der Waals surface area contributed by atoms with Crippen LogP contribution in [0.4, 0.5) is 11.4 Å². The minimum atomic E-state index is -0.0550. The maximum Gasteiger partial charge on any atom is 0.221 e. The summed E-state index contributed by atoms with van der Waals surface area (Å²) < 4.78 is 11.9. The van der Waals surface area contributed by atoms with Gasteiger partial charge < -0.3 is 19.7 Å². The summed E-state index contributed by atoms with van der Waals surface area (Å²) in [4.78, 5) is 16.4. The van der Waals surface area contributed by atoms with Crippen LogP contribution >= 0.6 is 24.8 Å². The van der Waals surface area contributed by atoms with Crippen molar-refractivity contribution in [3.8, 4) is 11.5 Å². The number of piperazine rings is 1. The number of nitrogens with zero attached hydrogens (tertiary/aromatic N) is 2. The Labute approximate surface area is 223 Å². The maximum atomic E-state index is 11.5. The second-order valence-corrected chi connectivity index (χ2v) is 9.26. The van der Waals surface area contributed by atoms with Gasteiger partial charge >= 0.3 is 0 Å². The van der Waals surface area contributed by atoms with E-state index in [0.717, 1.165) is 67.5 Å². The topological polar surface area (TPSA) is 54.0 Å². The van der Waals surface area contributed by atoms with Gasteiger partial charge in [0.1, 0.15) is 11.5 Å². The number of rotatable bonds is 9. The van der Waals surface area contributed by atoms with Gasteiger partial charge in [0.25, 0.3) is 0 Å². The quantitative estimate of drug-likeness (QED) is 0.441. The van der Waals surface area contributed by atoms with Gasteiger partial charge in [-0.25, -0.2) is 0 Å². The van der Waals surface area contributed by atoms with Crippen LogP contribution in [0.1, 0.15) is 51.2 Å². The molecule has 1 aliphatic heterocycles. The molecule has 2 aromatic carbocycles. The molecule has 1 saturated heterocycles. The first-order valence-corrected chi connectivity index (χ1v) is 12.0. The first kappa shape index (κ1) is 30.9. The van der Waals surface area contributed by atoms with E-state index < -0.39 is 0 Å². The smallest absolute Gasteiger partial charge is 0.221 e. The largest absolute Gasteiger partial charge is 0.495 e. The van der Waals surface area contributed by atoms with Gasteiger partial charge in [0.05, 0.1) is 18.9 Å². The number of halogens is 2. The summed E-state index contributed by atoms with van der Waals surface area (Å²) >= 11 is 0. The lowest BCUT2D eigenvalue weighted by atomic mass is 9.99. The van der Waals surface area contributed by atoms with E-state index in [1.807, 2.05) is 19.1 Å². The molecule has 1 atom stereocenters. The first-order valence-electron chi connectivity index (χ1n) is 12.0. The molecule has 0 bridgehead atoms. The standard InChI is InChI=1S/C27H39N3O3.2ClH/c1-19(2)23-18-24(28-22(5)31)20(3)17-27(23)33-21(4)11-12-29-13-15-30(16-14-29)25-9-7-8-10-26(25)32-6;;/h7-10,17-19,21H,11-16H2,1-6H3,(H,28,31);2*1H. The zero-order valence-electron chi connectivity index (χ0n) is 21.8. The molecular weight excluding hydrogens is 485 g/mol. The predicted octanol–water partition coefficient (Wildman–Crippen LogP) is 5.91. The first-order chi connectivity index (χ1) is 15.8. The van der Waals surface area contributed by atoms with Gasteiger partial charge in [0.15, 0.2) is 0 Å². The zero-order valence-corrected chi connectivity index (χ0v) is 23.4. The number of hydrogen-bond acceptors (Lipinski definition) is 5. The summed E-state index contributed by atoms with van der Waals surface area (Å²) in [5.41, 5.74) is 4.18. The number of para-hydroxylation sites is 2. The van der Waals surface area contributed by atoms with Gasteiger partial charge in [-0.05, 0) is 61.6 Å². The summed E-state index contributed by atoms with van der Waals surface area (Å²) in [5.74, 6) is 2.11. The van der Waals surface area contributed by atoms with Crippen LogP contribution in [0.5, 0.6) is 11.5 Å². The van der Waals surface area contributed by atoms with Crippen molar-refractivity contribution < 1.29 is 14.3 Å². The lowest BCUT2D eigenvalue weighted by Gasteiger charge is -2.37. The van der Waals surface area contributed by atoms with Crippen LogP contribution in [0.3, 0.4) is 0 Å². The molecule has 1 heterocycles. The Hall–Kier alpha value is -2.15. The molecule has 1 unspecified atom stereocenters. The minimum absolute atomic E-state index is 0. The van der Waals surface area contributed by atoms with E-state index in [0.29, 0.717) is 5.92 Å². The van der Waals surface area contributed by atoms with Crippen molar-refractivity contribution in [2.45, 2.75) is 53.1 Å². The molecule has 0 saturated carbocycles. The van der Waals surface area contributed by atoms with E-state index >= 15 is 0 Å². The van der Waals surface area contributed by atoms with Crippen LogP contribution in [-0.4, -0.2) is 56.7 Å². The number of carbonyl (C=O) groups excluding carboxylic acids is 1. The van der Waals surface area contributed by atoms with Crippen molar-refractivity contribution >= 4 is 42.1 Å². The van der Waals surface area contributed by atoms with E-state index in [1.165, 1.54) is 12.6 Å². The summed E-state index contributed by atoms with van der Waals surface area (Å²) in [6, 6.07) is 12.4. The Morgan fingerprint density at radius 2 is 1.69 bits per heavy atom. The SMILES string of the molecule is COc1ccccc1N1CCN(CCC(C)Oc2cc(C)c(NC(C)=O)cc2C(C)C)CC1.Cl.Cl. The molecule has 1 amide bonds. The Morgan fingerprint density at radius 1 is 1.03 bits per heavy atom. The van der Waals surface area contributed by atoms with E-state index in [9.17, 15) is 4.79 Å². The maximum absolute atomic E-state index is 11.5.